The maximum Gasteiger partial charge on any atom is 0.160 e. The largest absolute Gasteiger partial charge is 0.456 e. The summed E-state index contributed by atoms with van der Waals surface area (Å²) in [7, 11) is 0. The summed E-state index contributed by atoms with van der Waals surface area (Å²) >= 11 is 0. The van der Waals surface area contributed by atoms with E-state index in [2.05, 4.69) is 181 Å². The molecule has 1 unspecified atom stereocenters. The number of hydrogen-bond acceptors (Lipinski definition) is 4. The first-order valence-corrected chi connectivity index (χ1v) is 21.3. The van der Waals surface area contributed by atoms with Crippen molar-refractivity contribution in [1.82, 2.24) is 4.57 Å². The summed E-state index contributed by atoms with van der Waals surface area (Å²) in [6.07, 6.45) is 3.05. The van der Waals surface area contributed by atoms with Crippen LogP contribution in [-0.4, -0.2) is 16.1 Å². The van der Waals surface area contributed by atoms with Gasteiger partial charge in [0.2, 0.25) is 0 Å². The van der Waals surface area contributed by atoms with Crippen molar-refractivity contribution >= 4 is 104 Å². The molecule has 5 nitrogen and oxygen atoms in total. The molecule has 0 fully saturated rings. The standard InChI is InChI=1S/C57H37N3O2/c1-34-25-28-47(38-26-30-53-46(32-38)41-19-7-10-23-51(41)61-53)58-57(59-55(34)42-21-12-16-35-13-4-5-17-39(35)42)44-27-29-49(56-54(44)43-20-8-11-24-52(43)62-56)60-48-22-9-6-18-40(48)45-31-36-14-2-3-15-37(36)33-50(45)60/h2-24,26-34H,25H2,1H3/b47-28+,58-57?,59-55?. The van der Waals surface area contributed by atoms with Gasteiger partial charge in [0.25, 0.3) is 0 Å². The van der Waals surface area contributed by atoms with Crippen LogP contribution in [-0.2, 0) is 0 Å². The second kappa shape index (κ2) is 13.5. The number of benzene rings is 9. The third kappa shape index (κ3) is 5.28. The lowest BCUT2D eigenvalue weighted by Gasteiger charge is -2.20. The van der Waals surface area contributed by atoms with Crippen LogP contribution < -0.4 is 0 Å². The van der Waals surface area contributed by atoms with E-state index in [0.29, 0.717) is 5.84 Å². The number of furan rings is 2. The maximum absolute atomic E-state index is 7.01. The summed E-state index contributed by atoms with van der Waals surface area (Å²) in [5.41, 5.74) is 11.5. The van der Waals surface area contributed by atoms with E-state index in [-0.39, 0.29) is 5.92 Å². The van der Waals surface area contributed by atoms with Crippen LogP contribution in [0.1, 0.15) is 30.0 Å². The molecule has 1 atom stereocenters. The van der Waals surface area contributed by atoms with Crippen molar-refractivity contribution in [3.63, 3.8) is 0 Å². The maximum atomic E-state index is 7.01. The molecular weight excluding hydrogens is 759 g/mol. The Bertz CT molecular complexity index is 3920. The Kier molecular flexibility index (Phi) is 7.58. The Morgan fingerprint density at radius 2 is 1.16 bits per heavy atom. The van der Waals surface area contributed by atoms with Gasteiger partial charge in [0, 0.05) is 54.9 Å². The molecule has 13 rings (SSSR count). The molecule has 3 aromatic heterocycles. The fourth-order valence-corrected chi connectivity index (χ4v) is 9.86. The van der Waals surface area contributed by atoms with Gasteiger partial charge in [-0.25, -0.2) is 9.98 Å². The minimum absolute atomic E-state index is 0.0862. The van der Waals surface area contributed by atoms with Crippen molar-refractivity contribution in [3.05, 3.63) is 205 Å². The Labute approximate surface area is 356 Å². The predicted molar refractivity (Wildman–Crippen MR) is 258 cm³/mol. The van der Waals surface area contributed by atoms with Gasteiger partial charge in [-0.2, -0.15) is 0 Å². The monoisotopic (exact) mass is 795 g/mol. The summed E-state index contributed by atoms with van der Waals surface area (Å²) in [5.74, 6) is 0.724. The van der Waals surface area contributed by atoms with Crippen LogP contribution >= 0.6 is 0 Å². The number of amidine groups is 1. The van der Waals surface area contributed by atoms with E-state index in [1.165, 1.54) is 32.3 Å². The number of allylic oxidation sites excluding steroid dienone is 1. The van der Waals surface area contributed by atoms with Crippen molar-refractivity contribution in [2.24, 2.45) is 15.9 Å². The molecule has 0 N–H and O–H groups in total. The van der Waals surface area contributed by atoms with E-state index in [4.69, 9.17) is 18.8 Å². The van der Waals surface area contributed by atoms with E-state index < -0.39 is 0 Å². The molecule has 9 aromatic carbocycles. The van der Waals surface area contributed by atoms with Crippen LogP contribution in [0.15, 0.2) is 207 Å². The molecule has 5 heteroatoms. The lowest BCUT2D eigenvalue weighted by molar-refractivity contribution is 0.666. The number of para-hydroxylation sites is 3. The lowest BCUT2D eigenvalue weighted by atomic mass is 9.90. The van der Waals surface area contributed by atoms with Crippen molar-refractivity contribution < 1.29 is 8.83 Å². The van der Waals surface area contributed by atoms with Gasteiger partial charge in [0.05, 0.1) is 28.1 Å². The van der Waals surface area contributed by atoms with Gasteiger partial charge in [0.15, 0.2) is 11.4 Å². The Balaban J connectivity index is 1.10. The fourth-order valence-electron chi connectivity index (χ4n) is 9.86. The van der Waals surface area contributed by atoms with Gasteiger partial charge < -0.3 is 13.4 Å². The molecule has 0 saturated carbocycles. The molecule has 0 radical (unpaired) electrons. The van der Waals surface area contributed by atoms with Crippen LogP contribution in [0.3, 0.4) is 0 Å². The highest BCUT2D eigenvalue weighted by Gasteiger charge is 2.25. The SMILES string of the molecule is CC1C/C=C(\c2ccc3oc4ccccc4c3c2)N=C(c2ccc(-n3c4ccccc4c4cc5ccccc5cc43)c3oc4ccccc4c23)N=C1c1cccc2ccccc12. The average Bonchev–Trinajstić information content (AvgIpc) is 3.99. The number of aliphatic imine (C=N–C) groups is 2. The predicted octanol–water partition coefficient (Wildman–Crippen LogP) is 15.2. The molecule has 0 spiro atoms. The third-order valence-electron chi connectivity index (χ3n) is 12.8. The van der Waals surface area contributed by atoms with Crippen LogP contribution in [0.25, 0.3) is 98.6 Å². The summed E-state index contributed by atoms with van der Waals surface area (Å²) in [6, 6.07) is 64.4. The van der Waals surface area contributed by atoms with Crippen molar-refractivity contribution in [2.45, 2.75) is 13.3 Å². The number of nitrogens with zero attached hydrogens (tertiary/aromatic N) is 3. The molecule has 0 aliphatic carbocycles. The smallest absolute Gasteiger partial charge is 0.160 e. The lowest BCUT2D eigenvalue weighted by Crippen LogP contribution is -2.17. The van der Waals surface area contributed by atoms with Crippen molar-refractivity contribution in [1.29, 1.82) is 0 Å². The van der Waals surface area contributed by atoms with Gasteiger partial charge >= 0.3 is 0 Å². The topological polar surface area (TPSA) is 55.9 Å². The average molecular weight is 796 g/mol. The molecule has 0 bridgehead atoms. The van der Waals surface area contributed by atoms with Crippen molar-refractivity contribution in [3.8, 4) is 5.69 Å². The zero-order chi connectivity index (χ0) is 40.9. The van der Waals surface area contributed by atoms with Gasteiger partial charge in [-0.1, -0.05) is 134 Å². The second-order valence-electron chi connectivity index (χ2n) is 16.5. The van der Waals surface area contributed by atoms with Crippen LogP contribution in [0, 0.1) is 5.92 Å². The highest BCUT2D eigenvalue weighted by molar-refractivity contribution is 6.25. The molecular formula is C57H37N3O2. The molecule has 1 aliphatic rings. The van der Waals surface area contributed by atoms with Crippen LogP contribution in [0.4, 0.5) is 0 Å². The molecule has 0 saturated heterocycles. The van der Waals surface area contributed by atoms with E-state index in [1.54, 1.807) is 0 Å². The summed E-state index contributed by atoms with van der Waals surface area (Å²) in [5, 5.41) is 11.3. The quantitative estimate of drug-likeness (QED) is 0.178. The highest BCUT2D eigenvalue weighted by atomic mass is 16.3. The number of hydrogen-bond donors (Lipinski definition) is 0. The zero-order valence-corrected chi connectivity index (χ0v) is 33.8. The molecule has 1 aliphatic heterocycles. The van der Waals surface area contributed by atoms with Gasteiger partial charge in [-0.3, -0.25) is 0 Å². The Hall–Kier alpha value is -8.02. The van der Waals surface area contributed by atoms with Gasteiger partial charge in [-0.05, 0) is 88.6 Å². The molecule has 292 valence electrons. The van der Waals surface area contributed by atoms with Gasteiger partial charge in [0.1, 0.15) is 16.7 Å². The highest BCUT2D eigenvalue weighted by Crippen LogP contribution is 2.42. The number of aromatic nitrogens is 1. The second-order valence-corrected chi connectivity index (χ2v) is 16.5. The summed E-state index contributed by atoms with van der Waals surface area (Å²) in [4.78, 5) is 11.3. The minimum atomic E-state index is 0.0862. The first kappa shape index (κ1) is 34.8. The molecule has 4 heterocycles. The van der Waals surface area contributed by atoms with Crippen molar-refractivity contribution in [2.75, 3.05) is 0 Å². The molecule has 62 heavy (non-hydrogen) atoms. The zero-order valence-electron chi connectivity index (χ0n) is 33.8. The molecule has 12 aromatic rings. The number of fused-ring (bicyclic) bond motifs is 11. The Morgan fingerprint density at radius 3 is 2.02 bits per heavy atom. The van der Waals surface area contributed by atoms with Crippen LogP contribution in [0.5, 0.6) is 0 Å². The summed E-state index contributed by atoms with van der Waals surface area (Å²) in [6.45, 7) is 2.28. The van der Waals surface area contributed by atoms with Gasteiger partial charge in [-0.15, -0.1) is 0 Å². The van der Waals surface area contributed by atoms with E-state index in [1.807, 2.05) is 18.2 Å². The minimum Gasteiger partial charge on any atom is -0.456 e. The van der Waals surface area contributed by atoms with E-state index in [9.17, 15) is 0 Å². The number of rotatable bonds is 4. The summed E-state index contributed by atoms with van der Waals surface area (Å²) < 4.78 is 15.6. The van der Waals surface area contributed by atoms with E-state index in [0.717, 1.165) is 95.1 Å². The first-order chi connectivity index (χ1) is 30.6. The van der Waals surface area contributed by atoms with Crippen LogP contribution in [0.2, 0.25) is 0 Å². The van der Waals surface area contributed by atoms with E-state index >= 15 is 0 Å². The fraction of sp³-hybridized carbons (Fsp3) is 0.0526. The Morgan fingerprint density at radius 1 is 0.484 bits per heavy atom. The first-order valence-electron chi connectivity index (χ1n) is 21.3. The third-order valence-corrected chi connectivity index (χ3v) is 12.8. The normalized spacial score (nSPS) is 15.8. The molecule has 0 amide bonds.